The fourth-order valence-corrected chi connectivity index (χ4v) is 5.10. The highest BCUT2D eigenvalue weighted by Crippen LogP contribution is 2.36. The topological polar surface area (TPSA) is 128 Å². The molecule has 0 unspecified atom stereocenters. The van der Waals surface area contributed by atoms with Crippen molar-refractivity contribution in [2.24, 2.45) is 5.73 Å². The monoisotopic (exact) mass is 418 g/mol. The molecular weight excluding hydrogens is 411 g/mol. The second kappa shape index (κ2) is 6.64. The summed E-state index contributed by atoms with van der Waals surface area (Å²) in [5.74, 6) is -1.37. The Labute approximate surface area is 155 Å². The molecule has 130 valence electrons. The van der Waals surface area contributed by atoms with E-state index in [4.69, 9.17) is 33.5 Å². The van der Waals surface area contributed by atoms with E-state index >= 15 is 0 Å². The molecule has 0 aliphatic heterocycles. The second-order valence-corrected chi connectivity index (χ2v) is 8.54. The molecule has 0 saturated heterocycles. The average Bonchev–Trinajstić information content (AvgIpc) is 3.11. The maximum atomic E-state index is 12.5. The lowest BCUT2D eigenvalue weighted by atomic mass is 10.1. The van der Waals surface area contributed by atoms with E-state index in [1.54, 1.807) is 18.2 Å². The van der Waals surface area contributed by atoms with Crippen LogP contribution in [0, 0.1) is 0 Å². The van der Waals surface area contributed by atoms with Crippen molar-refractivity contribution in [2.75, 3.05) is 4.72 Å². The van der Waals surface area contributed by atoms with E-state index in [0.29, 0.717) is 5.69 Å². The Morgan fingerprint density at radius 3 is 2.64 bits per heavy atom. The number of carbonyl (C=O) groups is 1. The highest BCUT2D eigenvalue weighted by Gasteiger charge is 2.29. The van der Waals surface area contributed by atoms with Crippen molar-refractivity contribution in [3.63, 3.8) is 0 Å². The largest absolute Gasteiger partial charge is 0.365 e. The van der Waals surface area contributed by atoms with Gasteiger partial charge in [0.25, 0.3) is 21.8 Å². The maximum absolute atomic E-state index is 12.5. The molecule has 0 aliphatic rings. The first-order chi connectivity index (χ1) is 11.8. The Bertz CT molecular complexity index is 1050. The van der Waals surface area contributed by atoms with Crippen LogP contribution in [0.3, 0.4) is 0 Å². The molecule has 8 nitrogen and oxygen atoms in total. The third-order valence-electron chi connectivity index (χ3n) is 2.99. The Morgan fingerprint density at radius 1 is 1.32 bits per heavy atom. The minimum absolute atomic E-state index is 0.0141. The lowest BCUT2D eigenvalue weighted by molar-refractivity contribution is 0.100. The summed E-state index contributed by atoms with van der Waals surface area (Å²) in [5, 5.41) is 3.69. The summed E-state index contributed by atoms with van der Waals surface area (Å²) in [6.07, 6.45) is 1.48. The molecule has 12 heteroatoms. The SMILES string of the molecule is NC(=O)c1c(-c2ccccn2)noc1NS(=O)(=O)c1cc(Cl)sc1Cl. The van der Waals surface area contributed by atoms with E-state index in [-0.39, 0.29) is 24.8 Å². The lowest BCUT2D eigenvalue weighted by Crippen LogP contribution is -2.18. The fourth-order valence-electron chi connectivity index (χ4n) is 1.95. The molecule has 1 amide bonds. The number of primary amides is 1. The molecule has 0 fully saturated rings. The number of sulfonamides is 1. The van der Waals surface area contributed by atoms with Gasteiger partial charge in [0.2, 0.25) is 0 Å². The van der Waals surface area contributed by atoms with Gasteiger partial charge in [-0.3, -0.25) is 9.78 Å². The minimum Gasteiger partial charge on any atom is -0.365 e. The van der Waals surface area contributed by atoms with E-state index in [2.05, 4.69) is 14.9 Å². The molecule has 0 bridgehead atoms. The van der Waals surface area contributed by atoms with Gasteiger partial charge in [0.15, 0.2) is 0 Å². The highest BCUT2D eigenvalue weighted by atomic mass is 35.5. The number of nitrogens with zero attached hydrogens (tertiary/aromatic N) is 2. The lowest BCUT2D eigenvalue weighted by Gasteiger charge is -2.05. The van der Waals surface area contributed by atoms with E-state index in [1.165, 1.54) is 12.3 Å². The Kier molecular flexibility index (Phi) is 4.69. The molecule has 3 heterocycles. The Hall–Kier alpha value is -2.14. The molecule has 0 radical (unpaired) electrons. The number of aromatic nitrogens is 2. The molecule has 0 atom stereocenters. The van der Waals surface area contributed by atoms with Crippen LogP contribution in [0.5, 0.6) is 0 Å². The predicted octanol–water partition coefficient (Wildman–Crippen LogP) is 3.00. The van der Waals surface area contributed by atoms with E-state index in [9.17, 15) is 13.2 Å². The van der Waals surface area contributed by atoms with Crippen LogP contribution in [-0.4, -0.2) is 24.5 Å². The van der Waals surface area contributed by atoms with E-state index in [1.807, 2.05) is 0 Å². The summed E-state index contributed by atoms with van der Waals surface area (Å²) < 4.78 is 32.1. The average molecular weight is 419 g/mol. The molecule has 0 aromatic carbocycles. The standard InChI is InChI=1S/C13H8Cl2N4O4S2/c14-8-5-7(11(15)24-8)25(21,22)19-13-9(12(16)20)10(18-23-13)6-3-1-2-4-17-6/h1-5,19H,(H2,16,20). The predicted molar refractivity (Wildman–Crippen MR) is 93.4 cm³/mol. The first-order valence-corrected chi connectivity index (χ1v) is 9.53. The van der Waals surface area contributed by atoms with Gasteiger partial charge in [0.1, 0.15) is 20.5 Å². The van der Waals surface area contributed by atoms with Crippen LogP contribution in [0.4, 0.5) is 5.88 Å². The Balaban J connectivity index is 2.05. The summed E-state index contributed by atoms with van der Waals surface area (Å²) in [4.78, 5) is 15.6. The van der Waals surface area contributed by atoms with Gasteiger partial charge in [0, 0.05) is 6.20 Å². The molecule has 3 aromatic heterocycles. The zero-order valence-corrected chi connectivity index (χ0v) is 15.2. The third kappa shape index (κ3) is 3.47. The number of anilines is 1. The van der Waals surface area contributed by atoms with Gasteiger partial charge in [-0.15, -0.1) is 11.3 Å². The highest BCUT2D eigenvalue weighted by molar-refractivity contribution is 7.93. The number of carbonyl (C=O) groups excluding carboxylic acids is 1. The van der Waals surface area contributed by atoms with Crippen LogP contribution in [0.25, 0.3) is 11.4 Å². The molecular formula is C13H8Cl2N4O4S2. The van der Waals surface area contributed by atoms with Crippen molar-refractivity contribution in [1.29, 1.82) is 0 Å². The number of nitrogens with one attached hydrogen (secondary N) is 1. The van der Waals surface area contributed by atoms with Gasteiger partial charge < -0.3 is 10.3 Å². The van der Waals surface area contributed by atoms with Gasteiger partial charge >= 0.3 is 0 Å². The normalized spacial score (nSPS) is 11.4. The summed E-state index contributed by atoms with van der Waals surface area (Å²) in [6, 6.07) is 6.08. The number of rotatable bonds is 5. The first kappa shape index (κ1) is 17.7. The summed E-state index contributed by atoms with van der Waals surface area (Å²) >= 11 is 12.5. The van der Waals surface area contributed by atoms with Gasteiger partial charge in [-0.1, -0.05) is 34.4 Å². The number of amides is 1. The zero-order valence-electron chi connectivity index (χ0n) is 12.1. The molecule has 3 aromatic rings. The number of hydrogen-bond acceptors (Lipinski definition) is 7. The van der Waals surface area contributed by atoms with Crippen LogP contribution in [0.2, 0.25) is 8.67 Å². The first-order valence-electron chi connectivity index (χ1n) is 6.48. The summed E-state index contributed by atoms with van der Waals surface area (Å²) in [6.45, 7) is 0. The molecule has 0 saturated carbocycles. The van der Waals surface area contributed by atoms with Crippen molar-refractivity contribution in [3.05, 3.63) is 44.7 Å². The van der Waals surface area contributed by atoms with Crippen LogP contribution in [0.15, 0.2) is 39.9 Å². The van der Waals surface area contributed by atoms with Crippen LogP contribution in [-0.2, 0) is 10.0 Å². The van der Waals surface area contributed by atoms with Crippen molar-refractivity contribution < 1.29 is 17.7 Å². The van der Waals surface area contributed by atoms with E-state index in [0.717, 1.165) is 11.3 Å². The Morgan fingerprint density at radius 2 is 2.08 bits per heavy atom. The van der Waals surface area contributed by atoms with Crippen LogP contribution >= 0.6 is 34.5 Å². The van der Waals surface area contributed by atoms with Gasteiger partial charge in [-0.25, -0.2) is 13.1 Å². The van der Waals surface area contributed by atoms with Crippen molar-refractivity contribution in [3.8, 4) is 11.4 Å². The van der Waals surface area contributed by atoms with Crippen molar-refractivity contribution >= 4 is 56.4 Å². The van der Waals surface area contributed by atoms with Gasteiger partial charge in [0.05, 0.1) is 10.0 Å². The fraction of sp³-hybridized carbons (Fsp3) is 0. The molecule has 0 aliphatic carbocycles. The smallest absolute Gasteiger partial charge is 0.266 e. The molecule has 0 spiro atoms. The molecule has 25 heavy (non-hydrogen) atoms. The van der Waals surface area contributed by atoms with Crippen LogP contribution in [0.1, 0.15) is 10.4 Å². The van der Waals surface area contributed by atoms with Gasteiger partial charge in [-0.2, -0.15) is 0 Å². The number of hydrogen-bond donors (Lipinski definition) is 2. The zero-order chi connectivity index (χ0) is 18.2. The maximum Gasteiger partial charge on any atom is 0.266 e. The number of thiophene rings is 1. The molecule has 3 rings (SSSR count). The van der Waals surface area contributed by atoms with Crippen molar-refractivity contribution in [2.45, 2.75) is 4.90 Å². The van der Waals surface area contributed by atoms with Gasteiger partial charge in [-0.05, 0) is 18.2 Å². The van der Waals surface area contributed by atoms with Crippen molar-refractivity contribution in [1.82, 2.24) is 10.1 Å². The number of halogens is 2. The third-order valence-corrected chi connectivity index (χ3v) is 6.07. The summed E-state index contributed by atoms with van der Waals surface area (Å²) in [7, 11) is -4.17. The summed E-state index contributed by atoms with van der Waals surface area (Å²) in [5.41, 5.74) is 5.40. The quantitative estimate of drug-likeness (QED) is 0.654. The minimum atomic E-state index is -4.17. The van der Waals surface area contributed by atoms with E-state index < -0.39 is 21.8 Å². The number of nitrogens with two attached hydrogens (primary N) is 1. The van der Waals surface area contributed by atoms with Crippen LogP contribution < -0.4 is 10.5 Å². The second-order valence-electron chi connectivity index (χ2n) is 4.61. The molecule has 3 N–H and O–H groups in total. The number of pyridine rings is 1.